The fraction of sp³-hybridized carbons (Fsp3) is 0.0455. The van der Waals surface area contributed by atoms with E-state index in [-0.39, 0.29) is 17.7 Å². The monoisotopic (exact) mass is 340 g/mol. The molecule has 1 aliphatic rings. The van der Waals surface area contributed by atoms with E-state index in [9.17, 15) is 9.59 Å². The van der Waals surface area contributed by atoms with Gasteiger partial charge in [0, 0.05) is 12.1 Å². The molecule has 0 aliphatic carbocycles. The number of amides is 2. The number of hydrogen-bond donors (Lipinski definition) is 0. The van der Waals surface area contributed by atoms with Crippen molar-refractivity contribution in [3.63, 3.8) is 0 Å². The first-order valence-corrected chi connectivity index (χ1v) is 8.37. The molecule has 0 unspecified atom stereocenters. The van der Waals surface area contributed by atoms with Crippen molar-refractivity contribution in [1.29, 1.82) is 0 Å². The highest BCUT2D eigenvalue weighted by Gasteiger charge is 2.35. The van der Waals surface area contributed by atoms with Gasteiger partial charge in [-0.15, -0.1) is 0 Å². The summed E-state index contributed by atoms with van der Waals surface area (Å²) in [5.41, 5.74) is 2.87. The van der Waals surface area contributed by atoms with E-state index in [4.69, 9.17) is 0 Å². The molecule has 0 spiro atoms. The number of carbonyl (C=O) groups excluding carboxylic acids is 2. The molecule has 26 heavy (non-hydrogen) atoms. The second-order valence-electron chi connectivity index (χ2n) is 6.03. The van der Waals surface area contributed by atoms with Crippen molar-refractivity contribution in [2.75, 3.05) is 0 Å². The van der Waals surface area contributed by atoms with Crippen LogP contribution in [0, 0.1) is 0 Å². The number of benzene rings is 3. The molecule has 4 heteroatoms. The molecular weight excluding hydrogens is 324 g/mol. The molecule has 0 radical (unpaired) electrons. The maximum absolute atomic E-state index is 12.5. The van der Waals surface area contributed by atoms with Gasteiger partial charge in [-0.1, -0.05) is 72.8 Å². The number of carbonyl (C=O) groups is 2. The standard InChI is InChI=1S/C22H16N2O2/c25-21-18-13-7-8-14-19(18)22(26)24(21)23-15-20(16-9-3-1-4-10-16)17-11-5-2-6-12-17/h1-15,20H/b23-15+. The smallest absolute Gasteiger partial charge is 0.267 e. The van der Waals surface area contributed by atoms with E-state index >= 15 is 0 Å². The molecule has 1 aliphatic heterocycles. The third-order valence-electron chi connectivity index (χ3n) is 4.42. The number of nitrogens with zero attached hydrogens (tertiary/aromatic N) is 2. The van der Waals surface area contributed by atoms with Crippen LogP contribution in [0.1, 0.15) is 37.8 Å². The average molecular weight is 340 g/mol. The van der Waals surface area contributed by atoms with Gasteiger partial charge in [0.1, 0.15) is 0 Å². The van der Waals surface area contributed by atoms with Gasteiger partial charge in [-0.25, -0.2) is 0 Å². The Labute approximate surface area is 151 Å². The number of hydrogen-bond acceptors (Lipinski definition) is 3. The molecule has 1 heterocycles. The molecule has 0 saturated heterocycles. The molecule has 0 aromatic heterocycles. The molecule has 0 bridgehead atoms. The molecule has 3 aromatic carbocycles. The van der Waals surface area contributed by atoms with E-state index in [2.05, 4.69) is 5.10 Å². The molecule has 2 amide bonds. The molecule has 0 atom stereocenters. The van der Waals surface area contributed by atoms with Crippen molar-refractivity contribution >= 4 is 18.0 Å². The van der Waals surface area contributed by atoms with E-state index in [1.807, 2.05) is 60.7 Å². The Kier molecular flexibility index (Phi) is 4.15. The lowest BCUT2D eigenvalue weighted by Gasteiger charge is -2.14. The Hall–Kier alpha value is -3.53. The van der Waals surface area contributed by atoms with E-state index in [1.165, 1.54) is 0 Å². The minimum Gasteiger partial charge on any atom is -0.267 e. The third kappa shape index (κ3) is 2.82. The topological polar surface area (TPSA) is 49.7 Å². The quantitative estimate of drug-likeness (QED) is 0.530. The Bertz CT molecular complexity index is 907. The first-order chi connectivity index (χ1) is 12.8. The van der Waals surface area contributed by atoms with Crippen LogP contribution >= 0.6 is 0 Å². The minimum atomic E-state index is -0.387. The first-order valence-electron chi connectivity index (χ1n) is 8.37. The summed E-state index contributed by atoms with van der Waals surface area (Å²) < 4.78 is 0. The number of imide groups is 1. The van der Waals surface area contributed by atoms with Crippen LogP contribution < -0.4 is 0 Å². The third-order valence-corrected chi connectivity index (χ3v) is 4.42. The molecule has 3 aromatic rings. The summed E-state index contributed by atoms with van der Waals surface area (Å²) in [4.78, 5) is 25.0. The second-order valence-corrected chi connectivity index (χ2v) is 6.03. The Morgan fingerprint density at radius 2 is 1.08 bits per heavy atom. The molecule has 126 valence electrons. The van der Waals surface area contributed by atoms with E-state index in [1.54, 1.807) is 30.5 Å². The van der Waals surface area contributed by atoms with Crippen LogP contribution in [0.3, 0.4) is 0 Å². The van der Waals surface area contributed by atoms with Gasteiger partial charge >= 0.3 is 0 Å². The van der Waals surface area contributed by atoms with Gasteiger partial charge in [0.15, 0.2) is 0 Å². The lowest BCUT2D eigenvalue weighted by atomic mass is 9.92. The van der Waals surface area contributed by atoms with Gasteiger partial charge in [-0.3, -0.25) is 9.59 Å². The zero-order valence-corrected chi connectivity index (χ0v) is 13.9. The fourth-order valence-corrected chi connectivity index (χ4v) is 3.10. The van der Waals surface area contributed by atoms with Gasteiger partial charge in [0.05, 0.1) is 11.1 Å². The molecule has 4 rings (SSSR count). The van der Waals surface area contributed by atoms with Gasteiger partial charge < -0.3 is 0 Å². The molecule has 0 fully saturated rings. The van der Waals surface area contributed by atoms with Gasteiger partial charge in [-0.05, 0) is 23.3 Å². The summed E-state index contributed by atoms with van der Waals surface area (Å²) in [5, 5.41) is 5.21. The lowest BCUT2D eigenvalue weighted by Crippen LogP contribution is -2.24. The molecule has 0 saturated carbocycles. The van der Waals surface area contributed by atoms with Crippen molar-refractivity contribution in [2.24, 2.45) is 5.10 Å². The zero-order chi connectivity index (χ0) is 17.9. The highest BCUT2D eigenvalue weighted by molar-refractivity contribution is 6.21. The minimum absolute atomic E-state index is 0.151. The van der Waals surface area contributed by atoms with Gasteiger partial charge in [-0.2, -0.15) is 10.1 Å². The van der Waals surface area contributed by atoms with Crippen LogP contribution in [0.2, 0.25) is 0 Å². The van der Waals surface area contributed by atoms with Gasteiger partial charge in [0.2, 0.25) is 0 Å². The maximum Gasteiger partial charge on any atom is 0.282 e. The van der Waals surface area contributed by atoms with Crippen LogP contribution in [0.25, 0.3) is 0 Å². The van der Waals surface area contributed by atoms with Crippen LogP contribution in [0.4, 0.5) is 0 Å². The molecular formula is C22H16N2O2. The van der Waals surface area contributed by atoms with Crippen molar-refractivity contribution in [3.8, 4) is 0 Å². The van der Waals surface area contributed by atoms with E-state index in [0.29, 0.717) is 11.1 Å². The lowest BCUT2D eigenvalue weighted by molar-refractivity contribution is 0.0659. The van der Waals surface area contributed by atoms with Crippen LogP contribution in [-0.4, -0.2) is 23.0 Å². The fourth-order valence-electron chi connectivity index (χ4n) is 3.10. The summed E-state index contributed by atoms with van der Waals surface area (Å²) >= 11 is 0. The number of fused-ring (bicyclic) bond motifs is 1. The highest BCUT2D eigenvalue weighted by Crippen LogP contribution is 2.25. The Morgan fingerprint density at radius 3 is 1.54 bits per heavy atom. The summed E-state index contributed by atoms with van der Waals surface area (Å²) in [6.45, 7) is 0. The van der Waals surface area contributed by atoms with E-state index < -0.39 is 0 Å². The van der Waals surface area contributed by atoms with E-state index in [0.717, 1.165) is 16.1 Å². The van der Waals surface area contributed by atoms with Crippen LogP contribution in [0.5, 0.6) is 0 Å². The summed E-state index contributed by atoms with van der Waals surface area (Å²) in [6.07, 6.45) is 1.66. The SMILES string of the molecule is O=C1c2ccccc2C(=O)N1/N=C/C(c1ccccc1)c1ccccc1. The largest absolute Gasteiger partial charge is 0.282 e. The highest BCUT2D eigenvalue weighted by atomic mass is 16.2. The zero-order valence-electron chi connectivity index (χ0n) is 13.9. The Balaban J connectivity index is 1.69. The number of rotatable bonds is 4. The molecule has 0 N–H and O–H groups in total. The maximum atomic E-state index is 12.5. The summed E-state index contributed by atoms with van der Waals surface area (Å²) in [6, 6.07) is 26.6. The van der Waals surface area contributed by atoms with Gasteiger partial charge in [0.25, 0.3) is 11.8 Å². The van der Waals surface area contributed by atoms with Crippen molar-refractivity contribution < 1.29 is 9.59 Å². The first kappa shape index (κ1) is 16.0. The van der Waals surface area contributed by atoms with Crippen LogP contribution in [-0.2, 0) is 0 Å². The predicted octanol–water partition coefficient (Wildman–Crippen LogP) is 4.10. The number of hydrazone groups is 1. The average Bonchev–Trinajstić information content (AvgIpc) is 2.95. The Morgan fingerprint density at radius 1 is 0.654 bits per heavy atom. The van der Waals surface area contributed by atoms with Crippen molar-refractivity contribution in [3.05, 3.63) is 107 Å². The summed E-state index contributed by atoms with van der Waals surface area (Å²) in [7, 11) is 0. The molecule has 4 nitrogen and oxygen atoms in total. The van der Waals surface area contributed by atoms with Crippen LogP contribution in [0.15, 0.2) is 90.0 Å². The van der Waals surface area contributed by atoms with Crippen molar-refractivity contribution in [1.82, 2.24) is 5.01 Å². The predicted molar refractivity (Wildman–Crippen MR) is 100 cm³/mol. The summed E-state index contributed by atoms with van der Waals surface area (Å²) in [5.74, 6) is -0.926. The van der Waals surface area contributed by atoms with Crippen molar-refractivity contribution in [2.45, 2.75) is 5.92 Å². The second kappa shape index (κ2) is 6.76. The normalized spacial score (nSPS) is 13.7.